The number of amides is 1. The van der Waals surface area contributed by atoms with Gasteiger partial charge in [-0.25, -0.2) is 4.79 Å². The van der Waals surface area contributed by atoms with E-state index in [-0.39, 0.29) is 16.5 Å². The molecule has 0 radical (unpaired) electrons. The third kappa shape index (κ3) is 3.92. The third-order valence-corrected chi connectivity index (χ3v) is 3.31. The number of hydrogen-bond acceptors (Lipinski definition) is 3. The Labute approximate surface area is 117 Å². The standard InChI is InChI=1S/C13H17ClN2O3/c1-4-7(2)11(13(18)19)16-12(17)9-6-15-8(3)5-10(9)14/h5-7,11H,4H2,1-3H3,(H,16,17)(H,18,19). The molecule has 0 saturated carbocycles. The first-order valence-corrected chi connectivity index (χ1v) is 6.40. The van der Waals surface area contributed by atoms with Crippen LogP contribution in [0.4, 0.5) is 0 Å². The Morgan fingerprint density at radius 1 is 1.53 bits per heavy atom. The van der Waals surface area contributed by atoms with Crippen LogP contribution in [0.5, 0.6) is 0 Å². The van der Waals surface area contributed by atoms with Crippen molar-refractivity contribution in [2.24, 2.45) is 5.92 Å². The molecule has 1 rings (SSSR count). The number of carbonyl (C=O) groups is 2. The van der Waals surface area contributed by atoms with Crippen LogP contribution in [0, 0.1) is 12.8 Å². The molecule has 0 aliphatic carbocycles. The molecule has 0 aliphatic heterocycles. The number of carboxylic acids is 1. The summed E-state index contributed by atoms with van der Waals surface area (Å²) in [6.45, 7) is 5.40. The van der Waals surface area contributed by atoms with Crippen molar-refractivity contribution < 1.29 is 14.7 Å². The monoisotopic (exact) mass is 284 g/mol. The molecule has 1 aromatic heterocycles. The molecule has 0 fully saturated rings. The molecule has 5 nitrogen and oxygen atoms in total. The topological polar surface area (TPSA) is 79.3 Å². The zero-order chi connectivity index (χ0) is 14.6. The van der Waals surface area contributed by atoms with Crippen LogP contribution in [0.2, 0.25) is 5.02 Å². The molecule has 1 heterocycles. The maximum atomic E-state index is 12.0. The SMILES string of the molecule is CCC(C)C(NC(=O)c1cnc(C)cc1Cl)C(=O)O. The normalized spacial score (nSPS) is 13.7. The Morgan fingerprint density at radius 2 is 2.16 bits per heavy atom. The Kier molecular flexibility index (Phi) is 5.30. The third-order valence-electron chi connectivity index (χ3n) is 3.00. The highest BCUT2D eigenvalue weighted by atomic mass is 35.5. The van der Waals surface area contributed by atoms with Crippen LogP contribution in [0.25, 0.3) is 0 Å². The van der Waals surface area contributed by atoms with Crippen molar-refractivity contribution in [2.75, 3.05) is 0 Å². The summed E-state index contributed by atoms with van der Waals surface area (Å²) in [7, 11) is 0. The summed E-state index contributed by atoms with van der Waals surface area (Å²) < 4.78 is 0. The number of aliphatic carboxylic acids is 1. The van der Waals surface area contributed by atoms with Gasteiger partial charge in [0.1, 0.15) is 6.04 Å². The second-order valence-electron chi connectivity index (χ2n) is 4.48. The second kappa shape index (κ2) is 6.52. The lowest BCUT2D eigenvalue weighted by Crippen LogP contribution is -2.45. The fourth-order valence-electron chi connectivity index (χ4n) is 1.60. The van der Waals surface area contributed by atoms with E-state index in [2.05, 4.69) is 10.3 Å². The highest BCUT2D eigenvalue weighted by Gasteiger charge is 2.26. The van der Waals surface area contributed by atoms with E-state index in [1.54, 1.807) is 19.9 Å². The van der Waals surface area contributed by atoms with E-state index in [0.29, 0.717) is 12.1 Å². The van der Waals surface area contributed by atoms with Gasteiger partial charge in [-0.2, -0.15) is 0 Å². The zero-order valence-corrected chi connectivity index (χ0v) is 11.9. The molecule has 0 aromatic carbocycles. The van der Waals surface area contributed by atoms with Crippen molar-refractivity contribution in [1.82, 2.24) is 10.3 Å². The summed E-state index contributed by atoms with van der Waals surface area (Å²) in [5, 5.41) is 11.9. The zero-order valence-electron chi connectivity index (χ0n) is 11.1. The van der Waals surface area contributed by atoms with Crippen molar-refractivity contribution in [3.8, 4) is 0 Å². The fourth-order valence-corrected chi connectivity index (χ4v) is 1.89. The van der Waals surface area contributed by atoms with Crippen molar-refractivity contribution in [2.45, 2.75) is 33.2 Å². The quantitative estimate of drug-likeness (QED) is 0.869. The summed E-state index contributed by atoms with van der Waals surface area (Å²) in [6, 6.07) is 0.630. The van der Waals surface area contributed by atoms with Gasteiger partial charge in [0.05, 0.1) is 10.6 Å². The summed E-state index contributed by atoms with van der Waals surface area (Å²) in [5.74, 6) is -1.75. The van der Waals surface area contributed by atoms with Gasteiger partial charge in [0.15, 0.2) is 0 Å². The molecule has 0 aliphatic rings. The number of aryl methyl sites for hydroxylation is 1. The minimum absolute atomic E-state index is 0.168. The van der Waals surface area contributed by atoms with E-state index in [9.17, 15) is 9.59 Å². The van der Waals surface area contributed by atoms with E-state index >= 15 is 0 Å². The largest absolute Gasteiger partial charge is 0.480 e. The van der Waals surface area contributed by atoms with Crippen LogP contribution in [0.1, 0.15) is 36.3 Å². The molecular weight excluding hydrogens is 268 g/mol. The van der Waals surface area contributed by atoms with Crippen LogP contribution in [-0.2, 0) is 4.79 Å². The molecule has 0 bridgehead atoms. The van der Waals surface area contributed by atoms with Gasteiger partial charge in [0, 0.05) is 11.9 Å². The first kappa shape index (κ1) is 15.4. The number of nitrogens with one attached hydrogen (secondary N) is 1. The highest BCUT2D eigenvalue weighted by Crippen LogP contribution is 2.16. The number of hydrogen-bond donors (Lipinski definition) is 2. The lowest BCUT2D eigenvalue weighted by atomic mass is 9.99. The summed E-state index contributed by atoms with van der Waals surface area (Å²) in [5.41, 5.74) is 0.875. The molecule has 0 spiro atoms. The average molecular weight is 285 g/mol. The highest BCUT2D eigenvalue weighted by molar-refractivity contribution is 6.33. The van der Waals surface area contributed by atoms with E-state index in [4.69, 9.17) is 16.7 Å². The lowest BCUT2D eigenvalue weighted by molar-refractivity contribution is -0.140. The second-order valence-corrected chi connectivity index (χ2v) is 4.89. The molecule has 2 atom stereocenters. The molecular formula is C13H17ClN2O3. The fraction of sp³-hybridized carbons (Fsp3) is 0.462. The number of rotatable bonds is 5. The maximum Gasteiger partial charge on any atom is 0.326 e. The Balaban J connectivity index is 2.91. The van der Waals surface area contributed by atoms with Gasteiger partial charge >= 0.3 is 5.97 Å². The predicted molar refractivity (Wildman–Crippen MR) is 72.3 cm³/mol. The molecule has 1 aromatic rings. The first-order valence-electron chi connectivity index (χ1n) is 6.02. The average Bonchev–Trinajstić information content (AvgIpc) is 2.34. The number of nitrogens with zero attached hydrogens (tertiary/aromatic N) is 1. The van der Waals surface area contributed by atoms with E-state index < -0.39 is 17.9 Å². The molecule has 1 amide bonds. The summed E-state index contributed by atoms with van der Waals surface area (Å²) >= 11 is 5.95. The predicted octanol–water partition coefficient (Wildman–Crippen LogP) is 2.27. The Bertz CT molecular complexity index is 491. The summed E-state index contributed by atoms with van der Waals surface area (Å²) in [4.78, 5) is 27.1. The molecule has 2 unspecified atom stereocenters. The van der Waals surface area contributed by atoms with Gasteiger partial charge in [0.2, 0.25) is 0 Å². The van der Waals surface area contributed by atoms with Crippen molar-refractivity contribution in [1.29, 1.82) is 0 Å². The van der Waals surface area contributed by atoms with Gasteiger partial charge in [-0.15, -0.1) is 0 Å². The minimum Gasteiger partial charge on any atom is -0.480 e. The first-order chi connectivity index (χ1) is 8.86. The van der Waals surface area contributed by atoms with Crippen LogP contribution in [0.3, 0.4) is 0 Å². The van der Waals surface area contributed by atoms with Crippen LogP contribution in [-0.4, -0.2) is 28.0 Å². The van der Waals surface area contributed by atoms with Gasteiger partial charge in [-0.05, 0) is 18.9 Å². The maximum absolute atomic E-state index is 12.0. The van der Waals surface area contributed by atoms with Gasteiger partial charge in [0.25, 0.3) is 5.91 Å². The van der Waals surface area contributed by atoms with Crippen LogP contribution >= 0.6 is 11.6 Å². The van der Waals surface area contributed by atoms with E-state index in [0.717, 1.165) is 0 Å². The number of halogens is 1. The van der Waals surface area contributed by atoms with Crippen LogP contribution in [0.15, 0.2) is 12.3 Å². The van der Waals surface area contributed by atoms with E-state index in [1.165, 1.54) is 6.20 Å². The molecule has 19 heavy (non-hydrogen) atoms. The number of carbonyl (C=O) groups excluding carboxylic acids is 1. The van der Waals surface area contributed by atoms with Crippen molar-refractivity contribution in [3.63, 3.8) is 0 Å². The van der Waals surface area contributed by atoms with Crippen LogP contribution < -0.4 is 5.32 Å². The lowest BCUT2D eigenvalue weighted by Gasteiger charge is -2.20. The number of carboxylic acid groups (broad SMARTS) is 1. The Morgan fingerprint density at radius 3 is 2.63 bits per heavy atom. The molecule has 104 valence electrons. The van der Waals surface area contributed by atoms with Gasteiger partial charge in [-0.1, -0.05) is 31.9 Å². The number of pyridine rings is 1. The van der Waals surface area contributed by atoms with Gasteiger partial charge < -0.3 is 10.4 Å². The molecule has 2 N–H and O–H groups in total. The smallest absolute Gasteiger partial charge is 0.326 e. The molecule has 0 saturated heterocycles. The van der Waals surface area contributed by atoms with Crippen molar-refractivity contribution >= 4 is 23.5 Å². The minimum atomic E-state index is -1.06. The number of aromatic nitrogens is 1. The Hall–Kier alpha value is -1.62. The van der Waals surface area contributed by atoms with Crippen molar-refractivity contribution in [3.05, 3.63) is 28.5 Å². The van der Waals surface area contributed by atoms with Gasteiger partial charge in [-0.3, -0.25) is 9.78 Å². The molecule has 6 heteroatoms. The summed E-state index contributed by atoms with van der Waals surface area (Å²) in [6.07, 6.45) is 2.00. The van der Waals surface area contributed by atoms with E-state index in [1.807, 2.05) is 6.92 Å².